The quantitative estimate of drug-likeness (QED) is 0.841. The third-order valence-electron chi connectivity index (χ3n) is 5.18. The van der Waals surface area contributed by atoms with E-state index < -0.39 is 16.1 Å². The van der Waals surface area contributed by atoms with Crippen LogP contribution in [0, 0.1) is 12.8 Å². The first-order chi connectivity index (χ1) is 11.4. The van der Waals surface area contributed by atoms with E-state index in [4.69, 9.17) is 0 Å². The minimum absolute atomic E-state index is 0.0179. The lowest BCUT2D eigenvalue weighted by molar-refractivity contribution is -0.135. The molecule has 2 fully saturated rings. The van der Waals surface area contributed by atoms with Crippen LogP contribution in [0.25, 0.3) is 0 Å². The lowest BCUT2D eigenvalue weighted by atomic mass is 9.98. The largest absolute Gasteiger partial charge is 0.341 e. The van der Waals surface area contributed by atoms with E-state index >= 15 is 0 Å². The molecule has 2 saturated heterocycles. The summed E-state index contributed by atoms with van der Waals surface area (Å²) in [6.07, 6.45) is 3.37. The standard InChI is InChI=1S/C18H26N2O3S/c1-14-8-11-19(12-9-14)18(21)17-7-4-10-20(17)24(22,23)16-6-3-5-15(2)13-16/h3,5-6,13-14,17H,4,7-12H2,1-2H3/t17-/m0/s1. The van der Waals surface area contributed by atoms with E-state index in [1.807, 2.05) is 17.9 Å². The number of amides is 1. The van der Waals surface area contributed by atoms with Gasteiger partial charge in [-0.05, 0) is 56.2 Å². The van der Waals surface area contributed by atoms with Crippen molar-refractivity contribution in [3.8, 4) is 0 Å². The summed E-state index contributed by atoms with van der Waals surface area (Å²) in [5.74, 6) is 0.625. The summed E-state index contributed by atoms with van der Waals surface area (Å²) in [6, 6.07) is 6.38. The maximum atomic E-state index is 13.0. The second kappa shape index (κ2) is 6.84. The van der Waals surface area contributed by atoms with Crippen molar-refractivity contribution in [1.29, 1.82) is 0 Å². The molecular formula is C18H26N2O3S. The molecular weight excluding hydrogens is 324 g/mol. The van der Waals surface area contributed by atoms with Crippen molar-refractivity contribution in [2.24, 2.45) is 5.92 Å². The molecule has 0 aliphatic carbocycles. The number of nitrogens with zero attached hydrogens (tertiary/aromatic N) is 2. The van der Waals surface area contributed by atoms with E-state index in [2.05, 4.69) is 6.92 Å². The Morgan fingerprint density at radius 1 is 1.12 bits per heavy atom. The number of aryl methyl sites for hydroxylation is 1. The van der Waals surface area contributed by atoms with Crippen LogP contribution < -0.4 is 0 Å². The minimum atomic E-state index is -3.62. The fraction of sp³-hybridized carbons (Fsp3) is 0.611. The average Bonchev–Trinajstić information content (AvgIpc) is 3.05. The van der Waals surface area contributed by atoms with E-state index in [9.17, 15) is 13.2 Å². The number of carbonyl (C=O) groups excluding carboxylic acids is 1. The predicted octanol–water partition coefficient (Wildman–Crippen LogP) is 2.41. The number of hydrogen-bond donors (Lipinski definition) is 0. The summed E-state index contributed by atoms with van der Waals surface area (Å²) in [5.41, 5.74) is 0.906. The highest BCUT2D eigenvalue weighted by molar-refractivity contribution is 7.89. The van der Waals surface area contributed by atoms with Crippen LogP contribution >= 0.6 is 0 Å². The molecule has 1 amide bonds. The van der Waals surface area contributed by atoms with Gasteiger partial charge in [0.1, 0.15) is 6.04 Å². The molecule has 2 aliphatic rings. The first-order valence-electron chi connectivity index (χ1n) is 8.77. The Morgan fingerprint density at radius 3 is 2.50 bits per heavy atom. The smallest absolute Gasteiger partial charge is 0.243 e. The molecule has 24 heavy (non-hydrogen) atoms. The highest BCUT2D eigenvalue weighted by Gasteiger charge is 2.41. The Hall–Kier alpha value is -1.40. The maximum Gasteiger partial charge on any atom is 0.243 e. The van der Waals surface area contributed by atoms with Crippen LogP contribution in [0.1, 0.15) is 38.2 Å². The minimum Gasteiger partial charge on any atom is -0.341 e. The molecule has 0 unspecified atom stereocenters. The molecule has 1 aromatic rings. The fourth-order valence-corrected chi connectivity index (χ4v) is 5.38. The summed E-state index contributed by atoms with van der Waals surface area (Å²) < 4.78 is 27.4. The zero-order chi connectivity index (χ0) is 17.3. The molecule has 3 rings (SSSR count). The van der Waals surface area contributed by atoms with Gasteiger partial charge in [0.15, 0.2) is 0 Å². The van der Waals surface area contributed by atoms with Crippen molar-refractivity contribution in [3.63, 3.8) is 0 Å². The Balaban J connectivity index is 1.81. The van der Waals surface area contributed by atoms with Crippen molar-refractivity contribution in [2.45, 2.75) is 50.5 Å². The van der Waals surface area contributed by atoms with Crippen molar-refractivity contribution in [3.05, 3.63) is 29.8 Å². The molecule has 0 spiro atoms. The summed E-state index contributed by atoms with van der Waals surface area (Å²) in [6.45, 7) is 5.99. The first kappa shape index (κ1) is 17.4. The SMILES string of the molecule is Cc1cccc(S(=O)(=O)N2CCC[C@H]2C(=O)N2CCC(C)CC2)c1. The molecule has 5 nitrogen and oxygen atoms in total. The number of benzene rings is 1. The zero-order valence-corrected chi connectivity index (χ0v) is 15.3. The Kier molecular flexibility index (Phi) is 4.97. The van der Waals surface area contributed by atoms with Crippen LogP contribution in [-0.2, 0) is 14.8 Å². The highest BCUT2D eigenvalue weighted by atomic mass is 32.2. The average molecular weight is 350 g/mol. The first-order valence-corrected chi connectivity index (χ1v) is 10.2. The summed E-state index contributed by atoms with van der Waals surface area (Å²) >= 11 is 0. The molecule has 2 heterocycles. The van der Waals surface area contributed by atoms with Crippen molar-refractivity contribution < 1.29 is 13.2 Å². The molecule has 0 saturated carbocycles. The van der Waals surface area contributed by atoms with Crippen LogP contribution in [-0.4, -0.2) is 49.2 Å². The normalized spacial score (nSPS) is 23.6. The molecule has 1 atom stereocenters. The lowest BCUT2D eigenvalue weighted by Gasteiger charge is -2.34. The Morgan fingerprint density at radius 2 is 1.83 bits per heavy atom. The number of piperidine rings is 1. The molecule has 0 aromatic heterocycles. The van der Waals surface area contributed by atoms with Crippen LogP contribution in [0.15, 0.2) is 29.2 Å². The van der Waals surface area contributed by atoms with Crippen LogP contribution in [0.2, 0.25) is 0 Å². The summed E-state index contributed by atoms with van der Waals surface area (Å²) in [4.78, 5) is 15.0. The van der Waals surface area contributed by atoms with Gasteiger partial charge in [-0.25, -0.2) is 8.42 Å². The van der Waals surface area contributed by atoms with E-state index in [-0.39, 0.29) is 10.8 Å². The van der Waals surface area contributed by atoms with Gasteiger partial charge in [0.2, 0.25) is 15.9 Å². The lowest BCUT2D eigenvalue weighted by Crippen LogP contribution is -2.49. The van der Waals surface area contributed by atoms with Gasteiger partial charge in [0.25, 0.3) is 0 Å². The number of carbonyl (C=O) groups is 1. The molecule has 0 bridgehead atoms. The second-order valence-corrected chi connectivity index (χ2v) is 8.99. The van der Waals surface area contributed by atoms with Crippen molar-refractivity contribution >= 4 is 15.9 Å². The Labute approximate surface area is 144 Å². The van der Waals surface area contributed by atoms with Crippen molar-refractivity contribution in [1.82, 2.24) is 9.21 Å². The van der Waals surface area contributed by atoms with Gasteiger partial charge >= 0.3 is 0 Å². The summed E-state index contributed by atoms with van der Waals surface area (Å²) in [7, 11) is -3.62. The van der Waals surface area contributed by atoms with Gasteiger partial charge in [-0.15, -0.1) is 0 Å². The fourth-order valence-electron chi connectivity index (χ4n) is 3.63. The van der Waals surface area contributed by atoms with Crippen LogP contribution in [0.4, 0.5) is 0 Å². The summed E-state index contributed by atoms with van der Waals surface area (Å²) in [5, 5.41) is 0. The Bertz CT molecular complexity index is 709. The van der Waals surface area contributed by atoms with Crippen molar-refractivity contribution in [2.75, 3.05) is 19.6 Å². The van der Waals surface area contributed by atoms with E-state index in [1.165, 1.54) is 4.31 Å². The van der Waals surface area contributed by atoms with Gasteiger partial charge in [-0.2, -0.15) is 4.31 Å². The third-order valence-corrected chi connectivity index (χ3v) is 7.08. The van der Waals surface area contributed by atoms with Gasteiger partial charge in [0.05, 0.1) is 4.90 Å². The topological polar surface area (TPSA) is 57.7 Å². The third kappa shape index (κ3) is 3.35. The van der Waals surface area contributed by atoms with Crippen LogP contribution in [0.5, 0.6) is 0 Å². The molecule has 1 aromatic carbocycles. The monoisotopic (exact) mass is 350 g/mol. The molecule has 0 N–H and O–H groups in total. The van der Waals surface area contributed by atoms with E-state index in [0.29, 0.717) is 18.9 Å². The number of hydrogen-bond acceptors (Lipinski definition) is 3. The second-order valence-electron chi connectivity index (χ2n) is 7.10. The van der Waals surface area contributed by atoms with Gasteiger partial charge < -0.3 is 4.90 Å². The van der Waals surface area contributed by atoms with Gasteiger partial charge in [0, 0.05) is 19.6 Å². The zero-order valence-electron chi connectivity index (χ0n) is 14.4. The molecule has 132 valence electrons. The molecule has 2 aliphatic heterocycles. The highest BCUT2D eigenvalue weighted by Crippen LogP contribution is 2.29. The van der Waals surface area contributed by atoms with Crippen LogP contribution in [0.3, 0.4) is 0 Å². The number of sulfonamides is 1. The van der Waals surface area contributed by atoms with E-state index in [1.54, 1.807) is 18.2 Å². The number of likely N-dealkylation sites (tertiary alicyclic amines) is 1. The number of rotatable bonds is 3. The van der Waals surface area contributed by atoms with Gasteiger partial charge in [-0.1, -0.05) is 19.1 Å². The van der Waals surface area contributed by atoms with E-state index in [0.717, 1.165) is 37.9 Å². The predicted molar refractivity (Wildman–Crippen MR) is 93.1 cm³/mol. The maximum absolute atomic E-state index is 13.0. The van der Waals surface area contributed by atoms with Gasteiger partial charge in [-0.3, -0.25) is 4.79 Å². The molecule has 0 radical (unpaired) electrons. The molecule has 6 heteroatoms.